The van der Waals surface area contributed by atoms with Crippen LogP contribution in [-0.4, -0.2) is 5.60 Å². The van der Waals surface area contributed by atoms with Gasteiger partial charge in [0, 0.05) is 16.4 Å². The summed E-state index contributed by atoms with van der Waals surface area (Å²) in [6.07, 6.45) is 8.87. The van der Waals surface area contributed by atoms with E-state index in [1.165, 1.54) is 49.7 Å². The quantitative estimate of drug-likeness (QED) is 0.496. The van der Waals surface area contributed by atoms with Gasteiger partial charge in [0.1, 0.15) is 11.4 Å². The van der Waals surface area contributed by atoms with Crippen molar-refractivity contribution in [2.75, 3.05) is 0 Å². The number of thiol groups is 1. The fourth-order valence-corrected chi connectivity index (χ4v) is 5.18. The predicted molar refractivity (Wildman–Crippen MR) is 101 cm³/mol. The van der Waals surface area contributed by atoms with Gasteiger partial charge in [-0.3, -0.25) is 0 Å². The highest BCUT2D eigenvalue weighted by Crippen LogP contribution is 2.54. The molecule has 1 saturated carbocycles. The van der Waals surface area contributed by atoms with Gasteiger partial charge in [-0.15, -0.1) is 12.6 Å². The Hall–Kier alpha value is -0.630. The average molecular weight is 333 g/mol. The SMILES string of the molecule is CCCCCc1cc(S)c2c(c1)OC(C)(C)[C@@H]1CC[C@H](C)C[C@@H]21. The van der Waals surface area contributed by atoms with Crippen LogP contribution in [0.15, 0.2) is 17.0 Å². The van der Waals surface area contributed by atoms with Crippen LogP contribution in [0.5, 0.6) is 5.75 Å². The van der Waals surface area contributed by atoms with E-state index in [9.17, 15) is 0 Å². The molecule has 1 fully saturated rings. The summed E-state index contributed by atoms with van der Waals surface area (Å²) in [6.45, 7) is 9.22. The van der Waals surface area contributed by atoms with Crippen molar-refractivity contribution in [1.29, 1.82) is 0 Å². The van der Waals surface area contributed by atoms with Crippen molar-refractivity contribution >= 4 is 12.6 Å². The number of hydrogen-bond acceptors (Lipinski definition) is 2. The van der Waals surface area contributed by atoms with E-state index in [1.54, 1.807) is 0 Å². The Morgan fingerprint density at radius 2 is 2.00 bits per heavy atom. The van der Waals surface area contributed by atoms with Crippen LogP contribution in [0.4, 0.5) is 0 Å². The van der Waals surface area contributed by atoms with Crippen LogP contribution >= 0.6 is 12.6 Å². The highest BCUT2D eigenvalue weighted by atomic mass is 32.1. The van der Waals surface area contributed by atoms with Crippen LogP contribution in [0, 0.1) is 11.8 Å². The Kier molecular flexibility index (Phi) is 5.01. The van der Waals surface area contributed by atoms with Crippen molar-refractivity contribution in [2.24, 2.45) is 11.8 Å². The summed E-state index contributed by atoms with van der Waals surface area (Å²) < 4.78 is 6.50. The molecule has 0 radical (unpaired) electrons. The molecule has 0 amide bonds. The molecule has 0 spiro atoms. The van der Waals surface area contributed by atoms with Crippen LogP contribution in [-0.2, 0) is 6.42 Å². The molecule has 0 bridgehead atoms. The van der Waals surface area contributed by atoms with Crippen molar-refractivity contribution in [3.05, 3.63) is 23.3 Å². The van der Waals surface area contributed by atoms with Gasteiger partial charge in [0.2, 0.25) is 0 Å². The number of ether oxygens (including phenoxy) is 1. The maximum absolute atomic E-state index is 6.50. The van der Waals surface area contributed by atoms with Gasteiger partial charge < -0.3 is 4.74 Å². The lowest BCUT2D eigenvalue weighted by atomic mass is 9.64. The second-order valence-electron chi connectivity index (χ2n) is 8.32. The summed E-state index contributed by atoms with van der Waals surface area (Å²) >= 11 is 4.87. The lowest BCUT2D eigenvalue weighted by Crippen LogP contribution is -2.46. The number of fused-ring (bicyclic) bond motifs is 3. The van der Waals surface area contributed by atoms with E-state index in [2.05, 4.69) is 39.8 Å². The van der Waals surface area contributed by atoms with Gasteiger partial charge >= 0.3 is 0 Å². The van der Waals surface area contributed by atoms with E-state index in [1.807, 2.05) is 0 Å². The minimum absolute atomic E-state index is 0.0555. The van der Waals surface area contributed by atoms with Crippen molar-refractivity contribution in [1.82, 2.24) is 0 Å². The molecular weight excluding hydrogens is 300 g/mol. The van der Waals surface area contributed by atoms with Crippen molar-refractivity contribution in [2.45, 2.75) is 89.1 Å². The van der Waals surface area contributed by atoms with E-state index in [4.69, 9.17) is 17.4 Å². The van der Waals surface area contributed by atoms with Gasteiger partial charge in [-0.25, -0.2) is 0 Å². The Labute approximate surface area is 147 Å². The number of hydrogen-bond donors (Lipinski definition) is 1. The number of unbranched alkanes of at least 4 members (excludes halogenated alkanes) is 2. The first-order valence-electron chi connectivity index (χ1n) is 9.47. The van der Waals surface area contributed by atoms with Gasteiger partial charge in [0.05, 0.1) is 0 Å². The van der Waals surface area contributed by atoms with Crippen LogP contribution in [0.3, 0.4) is 0 Å². The fourth-order valence-electron chi connectivity index (χ4n) is 4.74. The number of aryl methyl sites for hydroxylation is 1. The van der Waals surface area contributed by atoms with Crippen molar-refractivity contribution < 1.29 is 4.74 Å². The minimum atomic E-state index is -0.0555. The molecule has 128 valence electrons. The third-order valence-corrected chi connectivity index (χ3v) is 6.37. The third-order valence-electron chi connectivity index (χ3n) is 6.00. The van der Waals surface area contributed by atoms with Crippen LogP contribution in [0.1, 0.15) is 83.3 Å². The summed E-state index contributed by atoms with van der Waals surface area (Å²) in [6, 6.07) is 4.61. The zero-order valence-corrected chi connectivity index (χ0v) is 16.1. The summed E-state index contributed by atoms with van der Waals surface area (Å²) in [5, 5.41) is 0. The smallest absolute Gasteiger partial charge is 0.125 e. The topological polar surface area (TPSA) is 9.23 Å². The van der Waals surface area contributed by atoms with Gasteiger partial charge in [0.15, 0.2) is 0 Å². The highest BCUT2D eigenvalue weighted by Gasteiger charge is 2.46. The molecule has 0 unspecified atom stereocenters. The molecule has 23 heavy (non-hydrogen) atoms. The Morgan fingerprint density at radius 3 is 2.74 bits per heavy atom. The Morgan fingerprint density at radius 1 is 1.22 bits per heavy atom. The monoisotopic (exact) mass is 332 g/mol. The average Bonchev–Trinajstić information content (AvgIpc) is 2.46. The number of rotatable bonds is 4. The molecule has 1 heterocycles. The van der Waals surface area contributed by atoms with Crippen LogP contribution in [0.25, 0.3) is 0 Å². The largest absolute Gasteiger partial charge is 0.487 e. The molecule has 0 aromatic heterocycles. The van der Waals surface area contributed by atoms with Gasteiger partial charge in [0.25, 0.3) is 0 Å². The lowest BCUT2D eigenvalue weighted by molar-refractivity contribution is -0.0148. The predicted octanol–water partition coefficient (Wildman–Crippen LogP) is 6.40. The fraction of sp³-hybridized carbons (Fsp3) is 0.714. The molecule has 2 aliphatic rings. The Bertz CT molecular complexity index is 563. The molecule has 2 heteroatoms. The van der Waals surface area contributed by atoms with E-state index in [0.29, 0.717) is 11.8 Å². The first kappa shape index (κ1) is 17.2. The molecular formula is C21H32OS. The van der Waals surface area contributed by atoms with Crippen molar-refractivity contribution in [3.63, 3.8) is 0 Å². The van der Waals surface area contributed by atoms with Crippen LogP contribution < -0.4 is 4.74 Å². The molecule has 3 rings (SSSR count). The van der Waals surface area contributed by atoms with E-state index in [0.717, 1.165) is 23.0 Å². The molecule has 3 atom stereocenters. The molecule has 0 saturated heterocycles. The minimum Gasteiger partial charge on any atom is -0.487 e. The normalized spacial score (nSPS) is 28.7. The standard InChI is InChI=1S/C21H32OS/c1-5-6-7-8-15-12-18-20(19(23)13-15)16-11-14(2)9-10-17(16)21(3,4)22-18/h12-14,16-17,23H,5-11H2,1-4H3/t14-,16+,17+/m0/s1. The van der Waals surface area contributed by atoms with Gasteiger partial charge in [-0.2, -0.15) is 0 Å². The third kappa shape index (κ3) is 3.43. The summed E-state index contributed by atoms with van der Waals surface area (Å²) in [5.74, 6) is 3.18. The zero-order chi connectivity index (χ0) is 16.6. The molecule has 1 aliphatic heterocycles. The molecule has 1 aromatic rings. The summed E-state index contributed by atoms with van der Waals surface area (Å²) in [5.41, 5.74) is 2.73. The van der Waals surface area contributed by atoms with E-state index in [-0.39, 0.29) is 5.60 Å². The lowest BCUT2D eigenvalue weighted by Gasteiger charge is -2.49. The maximum atomic E-state index is 6.50. The molecule has 1 nitrogen and oxygen atoms in total. The summed E-state index contributed by atoms with van der Waals surface area (Å²) in [4.78, 5) is 1.16. The molecule has 0 N–H and O–H groups in total. The number of benzene rings is 1. The van der Waals surface area contributed by atoms with E-state index >= 15 is 0 Å². The second-order valence-corrected chi connectivity index (χ2v) is 8.80. The molecule has 1 aliphatic carbocycles. The van der Waals surface area contributed by atoms with Crippen LogP contribution in [0.2, 0.25) is 0 Å². The maximum Gasteiger partial charge on any atom is 0.125 e. The zero-order valence-electron chi connectivity index (χ0n) is 15.2. The van der Waals surface area contributed by atoms with Gasteiger partial charge in [-0.1, -0.05) is 33.1 Å². The highest BCUT2D eigenvalue weighted by molar-refractivity contribution is 7.80. The van der Waals surface area contributed by atoms with Crippen molar-refractivity contribution in [3.8, 4) is 5.75 Å². The second kappa shape index (κ2) is 6.70. The first-order chi connectivity index (χ1) is 10.9. The first-order valence-corrected chi connectivity index (χ1v) is 9.92. The summed E-state index contributed by atoms with van der Waals surface area (Å²) in [7, 11) is 0. The van der Waals surface area contributed by atoms with E-state index < -0.39 is 0 Å². The Balaban J connectivity index is 1.94. The van der Waals surface area contributed by atoms with Gasteiger partial charge in [-0.05, 0) is 69.1 Å². The molecule has 1 aromatic carbocycles.